The lowest BCUT2D eigenvalue weighted by molar-refractivity contribution is -0.385. The number of rotatable bonds is 8. The first kappa shape index (κ1) is 18.2. The van der Waals surface area contributed by atoms with Crippen LogP contribution in [0, 0.1) is 10.1 Å². The van der Waals surface area contributed by atoms with Crippen molar-refractivity contribution in [1.82, 2.24) is 9.38 Å². The molecule has 0 aliphatic carbocycles. The van der Waals surface area contributed by atoms with Crippen molar-refractivity contribution in [3.8, 4) is 11.5 Å². The van der Waals surface area contributed by atoms with Gasteiger partial charge in [-0.25, -0.2) is 4.98 Å². The van der Waals surface area contributed by atoms with Crippen LogP contribution in [0.25, 0.3) is 5.65 Å². The predicted molar refractivity (Wildman–Crippen MR) is 99.7 cm³/mol. The van der Waals surface area contributed by atoms with Crippen molar-refractivity contribution in [2.24, 2.45) is 0 Å². The molecule has 0 saturated carbocycles. The first-order chi connectivity index (χ1) is 13.1. The Balaban J connectivity index is 1.63. The monoisotopic (exact) mass is 370 g/mol. The summed E-state index contributed by atoms with van der Waals surface area (Å²) in [7, 11) is 1.59. The molecule has 0 atom stereocenters. The smallest absolute Gasteiger partial charge is 0.376 e. The van der Waals surface area contributed by atoms with E-state index in [1.165, 1.54) is 6.20 Å². The van der Waals surface area contributed by atoms with Gasteiger partial charge in [-0.1, -0.05) is 6.07 Å². The molecule has 1 N–H and O–H groups in total. The van der Waals surface area contributed by atoms with Crippen molar-refractivity contribution in [2.45, 2.75) is 6.42 Å². The maximum absolute atomic E-state index is 12.3. The molecule has 0 spiro atoms. The van der Waals surface area contributed by atoms with Gasteiger partial charge in [0.05, 0.1) is 18.6 Å². The van der Waals surface area contributed by atoms with Gasteiger partial charge in [0.25, 0.3) is 0 Å². The van der Waals surface area contributed by atoms with Crippen molar-refractivity contribution < 1.29 is 14.4 Å². The minimum absolute atomic E-state index is 0.0411. The van der Waals surface area contributed by atoms with Crippen LogP contribution in [0.1, 0.15) is 6.42 Å². The largest absolute Gasteiger partial charge is 0.497 e. The zero-order chi connectivity index (χ0) is 19.2. The SMILES string of the molecule is COc1ccc(OCCCNc2nc3ccccn3c(=O)c2[N+](=O)[O-])cc1. The Morgan fingerprint density at radius 2 is 1.93 bits per heavy atom. The molecule has 0 bridgehead atoms. The van der Waals surface area contributed by atoms with Gasteiger partial charge in [-0.05, 0) is 42.8 Å². The minimum atomic E-state index is -0.720. The Kier molecular flexibility index (Phi) is 5.50. The van der Waals surface area contributed by atoms with E-state index in [2.05, 4.69) is 10.3 Å². The zero-order valence-electron chi connectivity index (χ0n) is 14.6. The third-order valence-corrected chi connectivity index (χ3v) is 3.83. The second kappa shape index (κ2) is 8.17. The average molecular weight is 370 g/mol. The van der Waals surface area contributed by atoms with Crippen molar-refractivity contribution in [2.75, 3.05) is 25.6 Å². The zero-order valence-corrected chi connectivity index (χ0v) is 14.6. The molecule has 0 unspecified atom stereocenters. The number of pyridine rings is 1. The van der Waals surface area contributed by atoms with Gasteiger partial charge in [0.1, 0.15) is 17.1 Å². The Morgan fingerprint density at radius 3 is 2.63 bits per heavy atom. The molecule has 0 amide bonds. The van der Waals surface area contributed by atoms with Crippen molar-refractivity contribution in [3.05, 3.63) is 69.1 Å². The fourth-order valence-electron chi connectivity index (χ4n) is 2.51. The van der Waals surface area contributed by atoms with Gasteiger partial charge >= 0.3 is 11.2 Å². The van der Waals surface area contributed by atoms with Crippen molar-refractivity contribution >= 4 is 17.2 Å². The van der Waals surface area contributed by atoms with Gasteiger partial charge in [-0.15, -0.1) is 0 Å². The number of nitrogens with zero attached hydrogens (tertiary/aromatic N) is 3. The summed E-state index contributed by atoms with van der Waals surface area (Å²) in [6.45, 7) is 0.770. The molecule has 0 saturated heterocycles. The predicted octanol–water partition coefficient (Wildman–Crippen LogP) is 2.49. The van der Waals surface area contributed by atoms with Gasteiger partial charge in [0.15, 0.2) is 0 Å². The van der Waals surface area contributed by atoms with Crippen LogP contribution in [-0.4, -0.2) is 34.6 Å². The standard InChI is InChI=1S/C18H18N4O5/c1-26-13-6-8-14(9-7-13)27-12-4-10-19-17-16(22(24)25)18(23)21-11-3-2-5-15(21)20-17/h2-3,5-9,11,19H,4,10,12H2,1H3. The highest BCUT2D eigenvalue weighted by atomic mass is 16.6. The number of aromatic nitrogens is 2. The number of fused-ring (bicyclic) bond motifs is 1. The number of hydrogen-bond acceptors (Lipinski definition) is 7. The fraction of sp³-hybridized carbons (Fsp3) is 0.222. The first-order valence-electron chi connectivity index (χ1n) is 8.26. The molecule has 0 aliphatic heterocycles. The van der Waals surface area contributed by atoms with Crippen LogP contribution in [0.3, 0.4) is 0 Å². The second-order valence-electron chi connectivity index (χ2n) is 5.60. The number of hydrogen-bond donors (Lipinski definition) is 1. The first-order valence-corrected chi connectivity index (χ1v) is 8.26. The van der Waals surface area contributed by atoms with Crippen molar-refractivity contribution in [1.29, 1.82) is 0 Å². The molecule has 140 valence electrons. The highest BCUT2D eigenvalue weighted by Crippen LogP contribution is 2.19. The van der Waals surface area contributed by atoms with Crippen LogP contribution in [0.15, 0.2) is 53.5 Å². The summed E-state index contributed by atoms with van der Waals surface area (Å²) in [5, 5.41) is 14.2. The quantitative estimate of drug-likeness (QED) is 0.369. The maximum atomic E-state index is 12.3. The van der Waals surface area contributed by atoms with E-state index in [1.807, 2.05) is 0 Å². The summed E-state index contributed by atoms with van der Waals surface area (Å²) in [6.07, 6.45) is 2.02. The topological polar surface area (TPSA) is 108 Å². The summed E-state index contributed by atoms with van der Waals surface area (Å²) < 4.78 is 11.8. The third kappa shape index (κ3) is 4.14. The van der Waals surface area contributed by atoms with Gasteiger partial charge < -0.3 is 14.8 Å². The van der Waals surface area contributed by atoms with Gasteiger partial charge in [0.2, 0.25) is 5.82 Å². The summed E-state index contributed by atoms with van der Waals surface area (Å²) in [6, 6.07) is 12.1. The minimum Gasteiger partial charge on any atom is -0.497 e. The lowest BCUT2D eigenvalue weighted by atomic mass is 10.3. The van der Waals surface area contributed by atoms with Gasteiger partial charge in [0, 0.05) is 12.7 Å². The number of methoxy groups -OCH3 is 1. The van der Waals surface area contributed by atoms with Crippen LogP contribution in [0.5, 0.6) is 11.5 Å². The summed E-state index contributed by atoms with van der Waals surface area (Å²) >= 11 is 0. The Bertz CT molecular complexity index is 1000. The number of nitro groups is 1. The van der Waals surface area contributed by atoms with E-state index in [-0.39, 0.29) is 5.82 Å². The lowest BCUT2D eigenvalue weighted by Crippen LogP contribution is -2.21. The molecule has 3 aromatic rings. The molecular formula is C18H18N4O5. The van der Waals surface area contributed by atoms with Crippen molar-refractivity contribution in [3.63, 3.8) is 0 Å². The Morgan fingerprint density at radius 1 is 1.19 bits per heavy atom. The molecule has 2 aromatic heterocycles. The number of nitrogens with one attached hydrogen (secondary N) is 1. The second-order valence-corrected chi connectivity index (χ2v) is 5.60. The highest BCUT2D eigenvalue weighted by Gasteiger charge is 2.22. The van der Waals surface area contributed by atoms with Crippen LogP contribution in [-0.2, 0) is 0 Å². The molecule has 3 rings (SSSR count). The summed E-state index contributed by atoms with van der Waals surface area (Å²) in [4.78, 5) is 27.1. The Hall–Kier alpha value is -3.62. The van der Waals surface area contributed by atoms with Gasteiger partial charge in [-0.2, -0.15) is 0 Å². The van der Waals surface area contributed by atoms with E-state index >= 15 is 0 Å². The van der Waals surface area contributed by atoms with Gasteiger partial charge in [-0.3, -0.25) is 19.3 Å². The summed E-state index contributed by atoms with van der Waals surface area (Å²) in [5.74, 6) is 1.40. The number of ether oxygens (including phenoxy) is 2. The molecular weight excluding hydrogens is 352 g/mol. The van der Waals surface area contributed by atoms with E-state index in [0.717, 1.165) is 10.2 Å². The molecule has 9 heteroatoms. The van der Waals surface area contributed by atoms with Crippen LogP contribution in [0.2, 0.25) is 0 Å². The maximum Gasteiger partial charge on any atom is 0.376 e. The summed E-state index contributed by atoms with van der Waals surface area (Å²) in [5.41, 5.74) is -0.956. The molecule has 2 heterocycles. The van der Waals surface area contributed by atoms with Crippen LogP contribution >= 0.6 is 0 Å². The molecule has 9 nitrogen and oxygen atoms in total. The van der Waals surface area contributed by atoms with Crippen LogP contribution in [0.4, 0.5) is 11.5 Å². The Labute approximate surface area is 154 Å². The van der Waals surface area contributed by atoms with E-state index in [4.69, 9.17) is 9.47 Å². The third-order valence-electron chi connectivity index (χ3n) is 3.83. The molecule has 0 aliphatic rings. The molecule has 0 fully saturated rings. The van der Waals surface area contributed by atoms with E-state index in [1.54, 1.807) is 49.6 Å². The number of anilines is 1. The van der Waals surface area contributed by atoms with Crippen LogP contribution < -0.4 is 20.3 Å². The highest BCUT2D eigenvalue weighted by molar-refractivity contribution is 5.59. The van der Waals surface area contributed by atoms with E-state index in [0.29, 0.717) is 31.0 Å². The van der Waals surface area contributed by atoms with E-state index < -0.39 is 16.2 Å². The molecule has 27 heavy (non-hydrogen) atoms. The van der Waals surface area contributed by atoms with E-state index in [9.17, 15) is 14.9 Å². The molecule has 0 radical (unpaired) electrons. The number of benzene rings is 1. The normalized spacial score (nSPS) is 10.6. The average Bonchev–Trinajstić information content (AvgIpc) is 2.68. The lowest BCUT2D eigenvalue weighted by Gasteiger charge is -2.09. The fourth-order valence-corrected chi connectivity index (χ4v) is 2.51. The molecule has 1 aromatic carbocycles.